The molecule has 0 spiro atoms. The summed E-state index contributed by atoms with van der Waals surface area (Å²) in [5.74, 6) is 0.148. The minimum Gasteiger partial charge on any atom is -0.347 e. The highest BCUT2D eigenvalue weighted by Crippen LogP contribution is 2.28. The Morgan fingerprint density at radius 1 is 1.55 bits per heavy atom. The molecular weight excluding hydrogens is 270 g/mol. The van der Waals surface area contributed by atoms with Crippen molar-refractivity contribution >= 4 is 17.2 Å². The molecule has 0 bridgehead atoms. The van der Waals surface area contributed by atoms with Crippen molar-refractivity contribution in [2.45, 2.75) is 65.0 Å². The fraction of sp³-hybridized carbons (Fsp3) is 0.733. The Hall–Kier alpha value is -0.940. The fourth-order valence-electron chi connectivity index (χ4n) is 3.10. The van der Waals surface area contributed by atoms with E-state index in [4.69, 9.17) is 0 Å². The van der Waals surface area contributed by atoms with E-state index >= 15 is 0 Å². The number of hydrogen-bond acceptors (Lipinski definition) is 4. The molecule has 1 fully saturated rings. The van der Waals surface area contributed by atoms with E-state index in [1.54, 1.807) is 11.3 Å². The summed E-state index contributed by atoms with van der Waals surface area (Å²) in [5.41, 5.74) is 0.681. The number of aryl methyl sites for hydroxylation is 2. The van der Waals surface area contributed by atoms with Crippen molar-refractivity contribution in [3.8, 4) is 0 Å². The normalized spacial score (nSPS) is 23.8. The van der Waals surface area contributed by atoms with Crippen LogP contribution in [0.2, 0.25) is 0 Å². The topological polar surface area (TPSA) is 54.0 Å². The van der Waals surface area contributed by atoms with Crippen molar-refractivity contribution in [3.05, 3.63) is 15.6 Å². The predicted octanol–water partition coefficient (Wildman–Crippen LogP) is 2.86. The largest absolute Gasteiger partial charge is 0.347 e. The van der Waals surface area contributed by atoms with E-state index in [-0.39, 0.29) is 17.5 Å². The average Bonchev–Trinajstić information content (AvgIpc) is 2.97. The Morgan fingerprint density at radius 3 is 2.80 bits per heavy atom. The lowest BCUT2D eigenvalue weighted by Crippen LogP contribution is -2.53. The van der Waals surface area contributed by atoms with Crippen LogP contribution in [0.4, 0.5) is 0 Å². The Balaban J connectivity index is 2.08. The summed E-state index contributed by atoms with van der Waals surface area (Å²) in [5, 5.41) is 7.67. The molecule has 1 amide bonds. The molecular formula is C15H25N3OS. The van der Waals surface area contributed by atoms with Crippen molar-refractivity contribution in [1.29, 1.82) is 0 Å². The standard InChI is InChI=1S/C15H25N3OS/c1-5-7-15(8-6-9-16-15)14(19)18-11(3)13-10(2)17-12(4)20-13/h11,16H,5-9H2,1-4H3,(H,18,19). The average molecular weight is 295 g/mol. The number of amides is 1. The SMILES string of the molecule is CCCC1(C(=O)NC(C)c2sc(C)nc2C)CCCN1. The Labute approximate surface area is 125 Å². The maximum atomic E-state index is 12.7. The summed E-state index contributed by atoms with van der Waals surface area (Å²) >= 11 is 1.67. The lowest BCUT2D eigenvalue weighted by atomic mass is 9.90. The molecule has 0 radical (unpaired) electrons. The lowest BCUT2D eigenvalue weighted by Gasteiger charge is -2.29. The molecule has 2 N–H and O–H groups in total. The van der Waals surface area contributed by atoms with Crippen molar-refractivity contribution in [2.75, 3.05) is 6.54 Å². The first kappa shape index (κ1) is 15.4. The number of rotatable bonds is 5. The zero-order valence-corrected chi connectivity index (χ0v) is 13.7. The first-order valence-corrected chi connectivity index (χ1v) is 8.30. The van der Waals surface area contributed by atoms with Gasteiger partial charge < -0.3 is 10.6 Å². The van der Waals surface area contributed by atoms with E-state index in [1.165, 1.54) is 4.88 Å². The van der Waals surface area contributed by atoms with Crippen molar-refractivity contribution < 1.29 is 4.79 Å². The number of nitrogens with zero attached hydrogens (tertiary/aromatic N) is 1. The monoisotopic (exact) mass is 295 g/mol. The van der Waals surface area contributed by atoms with E-state index in [2.05, 4.69) is 22.5 Å². The Kier molecular flexibility index (Phi) is 4.81. The van der Waals surface area contributed by atoms with Crippen molar-refractivity contribution in [1.82, 2.24) is 15.6 Å². The Bertz CT molecular complexity index is 477. The molecule has 0 aromatic carbocycles. The van der Waals surface area contributed by atoms with Crippen LogP contribution in [-0.2, 0) is 4.79 Å². The fourth-order valence-corrected chi connectivity index (χ4v) is 4.03. The minimum atomic E-state index is -0.351. The summed E-state index contributed by atoms with van der Waals surface area (Å²) in [7, 11) is 0. The number of carbonyl (C=O) groups is 1. The van der Waals surface area contributed by atoms with Gasteiger partial charge in [0.2, 0.25) is 5.91 Å². The molecule has 1 aromatic heterocycles. The van der Waals surface area contributed by atoms with Gasteiger partial charge in [-0.25, -0.2) is 4.98 Å². The van der Waals surface area contributed by atoms with Gasteiger partial charge in [-0.15, -0.1) is 11.3 Å². The second-order valence-electron chi connectivity index (χ2n) is 5.74. The number of nitrogens with one attached hydrogen (secondary N) is 2. The van der Waals surface area contributed by atoms with E-state index in [0.29, 0.717) is 0 Å². The number of thiazole rings is 1. The van der Waals surface area contributed by atoms with Gasteiger partial charge >= 0.3 is 0 Å². The number of aromatic nitrogens is 1. The summed E-state index contributed by atoms with van der Waals surface area (Å²) in [4.78, 5) is 18.3. The van der Waals surface area contributed by atoms with Gasteiger partial charge in [0.05, 0.1) is 22.3 Å². The van der Waals surface area contributed by atoms with Crippen LogP contribution in [0.5, 0.6) is 0 Å². The third-order valence-electron chi connectivity index (χ3n) is 4.04. The summed E-state index contributed by atoms with van der Waals surface area (Å²) in [6.45, 7) is 9.14. The Morgan fingerprint density at radius 2 is 2.30 bits per heavy atom. The molecule has 112 valence electrons. The van der Waals surface area contributed by atoms with Crippen LogP contribution in [-0.4, -0.2) is 23.0 Å². The predicted molar refractivity (Wildman–Crippen MR) is 83.0 cm³/mol. The highest BCUT2D eigenvalue weighted by molar-refractivity contribution is 7.11. The molecule has 2 unspecified atom stereocenters. The minimum absolute atomic E-state index is 0.0323. The second-order valence-corrected chi connectivity index (χ2v) is 6.97. The first-order chi connectivity index (χ1) is 9.48. The van der Waals surface area contributed by atoms with Gasteiger partial charge in [0, 0.05) is 4.88 Å². The van der Waals surface area contributed by atoms with Gasteiger partial charge in [-0.05, 0) is 46.6 Å². The van der Waals surface area contributed by atoms with Gasteiger partial charge in [-0.3, -0.25) is 4.79 Å². The molecule has 1 aliphatic rings. The molecule has 1 saturated heterocycles. The molecule has 20 heavy (non-hydrogen) atoms. The van der Waals surface area contributed by atoms with E-state index in [9.17, 15) is 4.79 Å². The van der Waals surface area contributed by atoms with Crippen LogP contribution in [0.1, 0.15) is 61.2 Å². The zero-order chi connectivity index (χ0) is 14.8. The number of hydrogen-bond donors (Lipinski definition) is 2. The van der Waals surface area contributed by atoms with Crippen molar-refractivity contribution in [2.24, 2.45) is 0 Å². The molecule has 5 heteroatoms. The van der Waals surface area contributed by atoms with Crippen LogP contribution in [0.3, 0.4) is 0 Å². The molecule has 4 nitrogen and oxygen atoms in total. The van der Waals surface area contributed by atoms with Crippen molar-refractivity contribution in [3.63, 3.8) is 0 Å². The highest BCUT2D eigenvalue weighted by Gasteiger charge is 2.40. The van der Waals surface area contributed by atoms with Gasteiger partial charge in [0.15, 0.2) is 0 Å². The van der Waals surface area contributed by atoms with Crippen LogP contribution in [0, 0.1) is 13.8 Å². The first-order valence-electron chi connectivity index (χ1n) is 7.48. The molecule has 0 aliphatic carbocycles. The summed E-state index contributed by atoms with van der Waals surface area (Å²) in [6, 6.07) is 0.0323. The smallest absolute Gasteiger partial charge is 0.240 e. The molecule has 1 aromatic rings. The highest BCUT2D eigenvalue weighted by atomic mass is 32.1. The summed E-state index contributed by atoms with van der Waals surface area (Å²) in [6.07, 6.45) is 3.96. The summed E-state index contributed by atoms with van der Waals surface area (Å²) < 4.78 is 0. The van der Waals surface area contributed by atoms with Gasteiger partial charge in [-0.1, -0.05) is 13.3 Å². The third-order valence-corrected chi connectivity index (χ3v) is 5.29. The molecule has 1 aliphatic heterocycles. The van der Waals surface area contributed by atoms with Crippen LogP contribution >= 0.6 is 11.3 Å². The maximum Gasteiger partial charge on any atom is 0.240 e. The van der Waals surface area contributed by atoms with Gasteiger partial charge in [-0.2, -0.15) is 0 Å². The van der Waals surface area contributed by atoms with Crippen LogP contribution < -0.4 is 10.6 Å². The second kappa shape index (κ2) is 6.22. The zero-order valence-electron chi connectivity index (χ0n) is 12.9. The van der Waals surface area contributed by atoms with Crippen LogP contribution in [0.15, 0.2) is 0 Å². The molecule has 0 saturated carbocycles. The molecule has 2 heterocycles. The van der Waals surface area contributed by atoms with Gasteiger partial charge in [0.25, 0.3) is 0 Å². The van der Waals surface area contributed by atoms with Gasteiger partial charge in [0.1, 0.15) is 0 Å². The van der Waals surface area contributed by atoms with E-state index < -0.39 is 0 Å². The third kappa shape index (κ3) is 3.04. The lowest BCUT2D eigenvalue weighted by molar-refractivity contribution is -0.128. The quantitative estimate of drug-likeness (QED) is 0.878. The molecule has 2 atom stereocenters. The van der Waals surface area contributed by atoms with Crippen LogP contribution in [0.25, 0.3) is 0 Å². The maximum absolute atomic E-state index is 12.7. The van der Waals surface area contributed by atoms with E-state index in [0.717, 1.165) is 42.9 Å². The van der Waals surface area contributed by atoms with E-state index in [1.807, 2.05) is 20.8 Å². The number of carbonyl (C=O) groups excluding carboxylic acids is 1. The molecule has 2 rings (SSSR count).